The highest BCUT2D eigenvalue weighted by molar-refractivity contribution is 5.94. The normalized spacial score (nSPS) is 17.0. The molecular weight excluding hydrogens is 588 g/mol. The lowest BCUT2D eigenvalue weighted by Crippen LogP contribution is -2.29. The molecule has 6 rings (SSSR count). The van der Waals surface area contributed by atoms with Crippen LogP contribution in [0.3, 0.4) is 0 Å². The monoisotopic (exact) mass is 618 g/mol. The molecule has 44 heavy (non-hydrogen) atoms. The molecule has 0 bridgehead atoms. The third-order valence-electron chi connectivity index (χ3n) is 6.96. The fraction of sp³-hybridized carbons (Fsp3) is 0.258. The molecule has 0 radical (unpaired) electrons. The van der Waals surface area contributed by atoms with E-state index >= 15 is 0 Å². The van der Waals surface area contributed by atoms with E-state index in [1.807, 2.05) is 24.3 Å². The molecule has 13 heteroatoms. The second-order valence-corrected chi connectivity index (χ2v) is 10.2. The summed E-state index contributed by atoms with van der Waals surface area (Å²) in [5.41, 5.74) is 3.50. The Balaban J connectivity index is 0.000000223. The Morgan fingerprint density at radius 1 is 0.909 bits per heavy atom. The summed E-state index contributed by atoms with van der Waals surface area (Å²) in [4.78, 5) is 59.4. The zero-order chi connectivity index (χ0) is 30.2. The maximum Gasteiger partial charge on any atom is 0.328 e. The number of carboxylic acids is 1. The number of likely N-dealkylation sites (tertiary alicyclic amines) is 1. The third-order valence-corrected chi connectivity index (χ3v) is 6.96. The summed E-state index contributed by atoms with van der Waals surface area (Å²) in [5.74, 6) is 0.830. The quantitative estimate of drug-likeness (QED) is 0.351. The van der Waals surface area contributed by atoms with E-state index < -0.39 is 5.97 Å². The van der Waals surface area contributed by atoms with Gasteiger partial charge in [-0.15, -0.1) is 12.4 Å². The summed E-state index contributed by atoms with van der Waals surface area (Å²) in [5, 5.41) is 13.9. The number of rotatable bonds is 6. The molecule has 6 heterocycles. The van der Waals surface area contributed by atoms with Gasteiger partial charge < -0.3 is 25.4 Å². The molecular formula is C31H31ClN6O6. The zero-order valence-corrected chi connectivity index (χ0v) is 24.5. The Morgan fingerprint density at radius 3 is 2.09 bits per heavy atom. The predicted molar refractivity (Wildman–Crippen MR) is 165 cm³/mol. The average molecular weight is 619 g/mol. The number of halogens is 1. The van der Waals surface area contributed by atoms with E-state index in [0.717, 1.165) is 40.5 Å². The van der Waals surface area contributed by atoms with Crippen molar-refractivity contribution in [3.63, 3.8) is 0 Å². The Morgan fingerprint density at radius 2 is 1.52 bits per heavy atom. The van der Waals surface area contributed by atoms with Gasteiger partial charge in [-0.1, -0.05) is 0 Å². The molecule has 0 aromatic carbocycles. The van der Waals surface area contributed by atoms with Crippen LogP contribution in [0.2, 0.25) is 0 Å². The standard InChI is InChI=1S/C20H20N4O3.C11H10N2O3.ClH/c25-18-5-4-15-10-14(11-22-20(15)23-18)3-6-19(26)24-9-7-17(13-24)27-16-2-1-8-21-12-16;14-9-3-2-8-5-7(1-4-10(15)16)6-12-11(8)13-9;/h1-3,6,8,10-12,17H,4-5,7,9,13H2,(H,22,23,25);1,4-6H,2-3H2,(H,15,16)(H,12,13,14);1H/b6-3+;4-1+;. The van der Waals surface area contributed by atoms with Crippen molar-refractivity contribution in [2.24, 2.45) is 0 Å². The minimum Gasteiger partial charge on any atom is -0.487 e. The van der Waals surface area contributed by atoms with Gasteiger partial charge in [0.25, 0.3) is 0 Å². The number of fused-ring (bicyclic) bond motifs is 2. The highest BCUT2D eigenvalue weighted by Gasteiger charge is 2.26. The number of carbonyl (C=O) groups excluding carboxylic acids is 3. The SMILES string of the molecule is Cl.O=C(O)/C=C/c1cnc2c(c1)CCC(=O)N2.O=C1CCc2cc(/C=C/C(=O)N3CCC(Oc4cccnc4)C3)cnc2N1. The molecule has 3 aliphatic heterocycles. The van der Waals surface area contributed by atoms with Crippen LogP contribution < -0.4 is 15.4 Å². The molecule has 1 atom stereocenters. The Labute approximate surface area is 259 Å². The summed E-state index contributed by atoms with van der Waals surface area (Å²) in [6, 6.07) is 7.49. The smallest absolute Gasteiger partial charge is 0.328 e. The zero-order valence-electron chi connectivity index (χ0n) is 23.6. The van der Waals surface area contributed by atoms with Crippen LogP contribution in [0.5, 0.6) is 5.75 Å². The van der Waals surface area contributed by atoms with Crippen LogP contribution in [0.15, 0.2) is 61.2 Å². The Hall–Kier alpha value is -5.10. The number of aliphatic carboxylic acids is 1. The van der Waals surface area contributed by atoms with Gasteiger partial charge in [-0.2, -0.15) is 0 Å². The van der Waals surface area contributed by atoms with Gasteiger partial charge in [0, 0.05) is 56.5 Å². The number of ether oxygens (including phenoxy) is 1. The highest BCUT2D eigenvalue weighted by Crippen LogP contribution is 2.23. The summed E-state index contributed by atoms with van der Waals surface area (Å²) < 4.78 is 5.86. The van der Waals surface area contributed by atoms with Crippen LogP contribution in [-0.2, 0) is 32.0 Å². The molecule has 12 nitrogen and oxygen atoms in total. The van der Waals surface area contributed by atoms with E-state index in [1.165, 1.54) is 12.3 Å². The lowest BCUT2D eigenvalue weighted by molar-refractivity contribution is -0.131. The second kappa shape index (κ2) is 14.9. The predicted octanol–water partition coefficient (Wildman–Crippen LogP) is 3.54. The van der Waals surface area contributed by atoms with E-state index in [0.29, 0.717) is 50.4 Å². The largest absolute Gasteiger partial charge is 0.487 e. The summed E-state index contributed by atoms with van der Waals surface area (Å²) in [6.45, 7) is 1.23. The first-order chi connectivity index (χ1) is 20.8. The maximum atomic E-state index is 12.4. The van der Waals surface area contributed by atoms with Crippen LogP contribution in [0.4, 0.5) is 11.6 Å². The molecule has 1 saturated heterocycles. The van der Waals surface area contributed by atoms with Crippen molar-refractivity contribution in [1.29, 1.82) is 0 Å². The van der Waals surface area contributed by atoms with E-state index in [-0.39, 0.29) is 36.2 Å². The van der Waals surface area contributed by atoms with Gasteiger partial charge in [-0.3, -0.25) is 19.4 Å². The first-order valence-corrected chi connectivity index (χ1v) is 13.8. The summed E-state index contributed by atoms with van der Waals surface area (Å²) in [6.07, 6.45) is 15.4. The second-order valence-electron chi connectivity index (χ2n) is 10.2. The van der Waals surface area contributed by atoms with Gasteiger partial charge in [-0.25, -0.2) is 14.8 Å². The number of aryl methyl sites for hydroxylation is 2. The number of aromatic nitrogens is 3. The number of pyridine rings is 3. The molecule has 0 aliphatic carbocycles. The number of hydrogen-bond donors (Lipinski definition) is 3. The highest BCUT2D eigenvalue weighted by atomic mass is 35.5. The number of hydrogen-bond acceptors (Lipinski definition) is 8. The van der Waals surface area contributed by atoms with Gasteiger partial charge in [0.2, 0.25) is 17.7 Å². The number of carbonyl (C=O) groups is 4. The van der Waals surface area contributed by atoms with Crippen LogP contribution in [0.25, 0.3) is 12.2 Å². The van der Waals surface area contributed by atoms with Crippen LogP contribution in [0.1, 0.15) is 41.5 Å². The maximum absolute atomic E-state index is 12.4. The first kappa shape index (κ1) is 31.8. The van der Waals surface area contributed by atoms with Crippen molar-refractivity contribution in [3.05, 3.63) is 83.5 Å². The molecule has 3 aromatic heterocycles. The van der Waals surface area contributed by atoms with Gasteiger partial charge in [0.15, 0.2) is 0 Å². The molecule has 0 spiro atoms. The fourth-order valence-corrected chi connectivity index (χ4v) is 4.81. The van der Waals surface area contributed by atoms with E-state index in [1.54, 1.807) is 35.6 Å². The number of nitrogens with one attached hydrogen (secondary N) is 2. The molecule has 3 N–H and O–H groups in total. The Bertz CT molecular complexity index is 1600. The third kappa shape index (κ3) is 8.71. The van der Waals surface area contributed by atoms with Gasteiger partial charge >= 0.3 is 5.97 Å². The number of carboxylic acid groups (broad SMARTS) is 1. The van der Waals surface area contributed by atoms with Crippen molar-refractivity contribution in [3.8, 4) is 5.75 Å². The van der Waals surface area contributed by atoms with Crippen molar-refractivity contribution in [1.82, 2.24) is 19.9 Å². The van der Waals surface area contributed by atoms with Crippen molar-refractivity contribution < 1.29 is 29.0 Å². The number of amides is 3. The molecule has 1 fully saturated rings. The molecule has 3 amide bonds. The molecule has 3 aliphatic rings. The van der Waals surface area contributed by atoms with Crippen molar-refractivity contribution in [2.45, 2.75) is 38.2 Å². The summed E-state index contributed by atoms with van der Waals surface area (Å²) >= 11 is 0. The number of anilines is 2. The van der Waals surface area contributed by atoms with Crippen LogP contribution in [-0.4, -0.2) is 67.8 Å². The Kier molecular flexibility index (Phi) is 10.8. The fourth-order valence-electron chi connectivity index (χ4n) is 4.81. The first-order valence-electron chi connectivity index (χ1n) is 13.8. The lowest BCUT2D eigenvalue weighted by atomic mass is 10.0. The topological polar surface area (TPSA) is 164 Å². The van der Waals surface area contributed by atoms with Crippen molar-refractivity contribution >= 4 is 59.9 Å². The molecule has 1 unspecified atom stereocenters. The van der Waals surface area contributed by atoms with Crippen molar-refractivity contribution in [2.75, 3.05) is 23.7 Å². The molecule has 0 saturated carbocycles. The minimum atomic E-state index is -0.994. The van der Waals surface area contributed by atoms with Crippen LogP contribution in [0, 0.1) is 0 Å². The number of nitrogens with zero attached hydrogens (tertiary/aromatic N) is 4. The van der Waals surface area contributed by atoms with E-state index in [9.17, 15) is 19.2 Å². The van der Waals surface area contributed by atoms with Gasteiger partial charge in [-0.05, 0) is 71.5 Å². The average Bonchev–Trinajstić information content (AvgIpc) is 3.48. The van der Waals surface area contributed by atoms with Gasteiger partial charge in [0.05, 0.1) is 12.7 Å². The molecule has 3 aromatic rings. The van der Waals surface area contributed by atoms with E-state index in [2.05, 4.69) is 25.6 Å². The minimum absolute atomic E-state index is 0. The van der Waals surface area contributed by atoms with E-state index in [4.69, 9.17) is 9.84 Å². The van der Waals surface area contributed by atoms with Crippen LogP contribution >= 0.6 is 12.4 Å². The van der Waals surface area contributed by atoms with Gasteiger partial charge in [0.1, 0.15) is 23.5 Å². The lowest BCUT2D eigenvalue weighted by Gasteiger charge is -2.16. The molecule has 228 valence electrons. The summed E-state index contributed by atoms with van der Waals surface area (Å²) in [7, 11) is 0.